The van der Waals surface area contributed by atoms with E-state index in [9.17, 15) is 24.3 Å². The molecular formula is C29H36N4O5. The molecule has 2 aromatic carbocycles. The molecule has 0 aromatic heterocycles. The van der Waals surface area contributed by atoms with Crippen LogP contribution in [0.4, 0.5) is 0 Å². The lowest BCUT2D eigenvalue weighted by Gasteiger charge is -2.31. The van der Waals surface area contributed by atoms with E-state index in [0.29, 0.717) is 51.6 Å². The molecule has 202 valence electrons. The van der Waals surface area contributed by atoms with Gasteiger partial charge in [-0.2, -0.15) is 0 Å². The highest BCUT2D eigenvalue weighted by Crippen LogP contribution is 2.26. The number of rotatable bonds is 10. The quantitative estimate of drug-likeness (QED) is 0.437. The maximum absolute atomic E-state index is 13.5. The Balaban J connectivity index is 1.44. The van der Waals surface area contributed by atoms with E-state index in [1.54, 1.807) is 4.90 Å². The molecule has 9 nitrogen and oxygen atoms in total. The van der Waals surface area contributed by atoms with Crippen molar-refractivity contribution in [3.63, 3.8) is 0 Å². The Morgan fingerprint density at radius 3 is 2.00 bits per heavy atom. The van der Waals surface area contributed by atoms with E-state index in [0.717, 1.165) is 11.1 Å². The molecule has 2 saturated heterocycles. The fraction of sp³-hybridized carbons (Fsp3) is 0.448. The Morgan fingerprint density at radius 2 is 1.39 bits per heavy atom. The van der Waals surface area contributed by atoms with Crippen molar-refractivity contribution in [1.29, 1.82) is 0 Å². The summed E-state index contributed by atoms with van der Waals surface area (Å²) in [5.74, 6) is -1.87. The molecule has 0 spiro atoms. The summed E-state index contributed by atoms with van der Waals surface area (Å²) in [6.07, 6.45) is 3.08. The molecule has 0 radical (unpaired) electrons. The number of hydrogen-bond acceptors (Lipinski definition) is 5. The van der Waals surface area contributed by atoms with Crippen LogP contribution in [0.25, 0.3) is 0 Å². The topological polar surface area (TPSA) is 133 Å². The van der Waals surface area contributed by atoms with Crippen molar-refractivity contribution in [2.75, 3.05) is 13.1 Å². The Labute approximate surface area is 223 Å². The fourth-order valence-electron chi connectivity index (χ4n) is 5.47. The summed E-state index contributed by atoms with van der Waals surface area (Å²) >= 11 is 0. The number of hydrogen-bond donors (Lipinski definition) is 3. The first kappa shape index (κ1) is 27.3. The minimum absolute atomic E-state index is 0.0187. The Morgan fingerprint density at radius 1 is 0.842 bits per heavy atom. The van der Waals surface area contributed by atoms with Crippen LogP contribution >= 0.6 is 0 Å². The van der Waals surface area contributed by atoms with Crippen molar-refractivity contribution >= 4 is 23.7 Å². The summed E-state index contributed by atoms with van der Waals surface area (Å²) < 4.78 is 0. The number of nitrogens with two attached hydrogens (primary N) is 1. The van der Waals surface area contributed by atoms with Crippen LogP contribution in [0, 0.1) is 0 Å². The van der Waals surface area contributed by atoms with Gasteiger partial charge in [-0.15, -0.1) is 0 Å². The van der Waals surface area contributed by atoms with Gasteiger partial charge in [-0.25, -0.2) is 4.79 Å². The lowest BCUT2D eigenvalue weighted by Crippen LogP contribution is -2.52. The van der Waals surface area contributed by atoms with Gasteiger partial charge in [0, 0.05) is 25.6 Å². The van der Waals surface area contributed by atoms with Gasteiger partial charge in [0.1, 0.15) is 12.1 Å². The monoisotopic (exact) mass is 520 g/mol. The molecule has 2 fully saturated rings. The van der Waals surface area contributed by atoms with Crippen LogP contribution in [-0.4, -0.2) is 75.9 Å². The first-order valence-electron chi connectivity index (χ1n) is 13.3. The molecular weight excluding hydrogens is 484 g/mol. The molecule has 9 heteroatoms. The summed E-state index contributed by atoms with van der Waals surface area (Å²) in [5.41, 5.74) is 8.13. The van der Waals surface area contributed by atoms with Gasteiger partial charge in [0.15, 0.2) is 0 Å². The molecule has 2 aliphatic heterocycles. The van der Waals surface area contributed by atoms with E-state index in [2.05, 4.69) is 5.32 Å². The second-order valence-electron chi connectivity index (χ2n) is 10.2. The number of aliphatic carboxylic acids is 1. The highest BCUT2D eigenvalue weighted by molar-refractivity contribution is 5.91. The molecule has 4 rings (SSSR count). The maximum Gasteiger partial charge on any atom is 0.326 e. The van der Waals surface area contributed by atoms with Gasteiger partial charge in [0.2, 0.25) is 17.7 Å². The van der Waals surface area contributed by atoms with Crippen LogP contribution in [-0.2, 0) is 32.0 Å². The molecule has 0 saturated carbocycles. The molecule has 0 bridgehead atoms. The molecule has 38 heavy (non-hydrogen) atoms. The van der Waals surface area contributed by atoms with Crippen molar-refractivity contribution in [1.82, 2.24) is 15.1 Å². The predicted molar refractivity (Wildman–Crippen MR) is 142 cm³/mol. The van der Waals surface area contributed by atoms with Crippen molar-refractivity contribution < 1.29 is 24.3 Å². The van der Waals surface area contributed by atoms with Crippen molar-refractivity contribution in [2.24, 2.45) is 5.73 Å². The standard InChI is InChI=1S/C29H36N4O5/c30-23(18-21-11-5-2-6-12-21)27(35)31-22(17-20-9-3-1-4-10-20)19-26(34)32-15-7-13-24(32)28(36)33-16-8-14-25(33)29(37)38/h1-6,9-12,22-25H,7-8,13-19,30H2,(H,31,35)(H,37,38). The van der Waals surface area contributed by atoms with Gasteiger partial charge in [0.05, 0.1) is 6.04 Å². The van der Waals surface area contributed by atoms with Crippen LogP contribution in [0.1, 0.15) is 43.2 Å². The molecule has 2 aliphatic rings. The van der Waals surface area contributed by atoms with Crippen LogP contribution in [0.3, 0.4) is 0 Å². The molecule has 4 atom stereocenters. The normalized spacial score (nSPS) is 20.7. The SMILES string of the molecule is NC(Cc1ccccc1)C(=O)NC(CC(=O)N1CCCC1C(=O)N1CCCC1C(=O)O)Cc1ccccc1. The van der Waals surface area contributed by atoms with Crippen LogP contribution in [0.15, 0.2) is 60.7 Å². The third-order valence-corrected chi connectivity index (χ3v) is 7.41. The summed E-state index contributed by atoms with van der Waals surface area (Å²) in [4.78, 5) is 54.4. The summed E-state index contributed by atoms with van der Waals surface area (Å²) in [6, 6.07) is 16.3. The van der Waals surface area contributed by atoms with Gasteiger partial charge in [0.25, 0.3) is 0 Å². The van der Waals surface area contributed by atoms with E-state index in [1.807, 2.05) is 60.7 Å². The highest BCUT2D eigenvalue weighted by Gasteiger charge is 2.42. The maximum atomic E-state index is 13.5. The molecule has 3 amide bonds. The third-order valence-electron chi connectivity index (χ3n) is 7.41. The average Bonchev–Trinajstić information content (AvgIpc) is 3.60. The molecule has 0 aliphatic carbocycles. The number of benzene rings is 2. The third kappa shape index (κ3) is 6.77. The second kappa shape index (κ2) is 12.7. The van der Waals surface area contributed by atoms with Gasteiger partial charge in [-0.1, -0.05) is 60.7 Å². The van der Waals surface area contributed by atoms with Crippen LogP contribution in [0.2, 0.25) is 0 Å². The number of likely N-dealkylation sites (tertiary alicyclic amines) is 2. The summed E-state index contributed by atoms with van der Waals surface area (Å²) in [7, 11) is 0. The lowest BCUT2D eigenvalue weighted by molar-refractivity contribution is -0.151. The first-order chi connectivity index (χ1) is 18.3. The van der Waals surface area contributed by atoms with Gasteiger partial charge < -0.3 is 26.0 Å². The zero-order chi connectivity index (χ0) is 27.1. The lowest BCUT2D eigenvalue weighted by atomic mass is 10.0. The number of carboxylic acid groups (broad SMARTS) is 1. The number of nitrogens with zero attached hydrogens (tertiary/aromatic N) is 2. The van der Waals surface area contributed by atoms with Gasteiger partial charge >= 0.3 is 5.97 Å². The van der Waals surface area contributed by atoms with E-state index in [4.69, 9.17) is 5.73 Å². The van der Waals surface area contributed by atoms with Crippen molar-refractivity contribution in [3.8, 4) is 0 Å². The number of amides is 3. The summed E-state index contributed by atoms with van der Waals surface area (Å²) in [6.45, 7) is 0.820. The van der Waals surface area contributed by atoms with E-state index in [-0.39, 0.29) is 24.1 Å². The van der Waals surface area contributed by atoms with Gasteiger partial charge in [-0.05, 0) is 49.7 Å². The van der Waals surface area contributed by atoms with E-state index >= 15 is 0 Å². The molecule has 2 aromatic rings. The zero-order valence-corrected chi connectivity index (χ0v) is 21.5. The number of carboxylic acids is 1. The Bertz CT molecular complexity index is 1130. The first-order valence-corrected chi connectivity index (χ1v) is 13.3. The van der Waals surface area contributed by atoms with Crippen LogP contribution in [0.5, 0.6) is 0 Å². The Hall–Kier alpha value is -3.72. The largest absolute Gasteiger partial charge is 0.480 e. The predicted octanol–water partition coefficient (Wildman–Crippen LogP) is 1.74. The average molecular weight is 521 g/mol. The van der Waals surface area contributed by atoms with Gasteiger partial charge in [-0.3, -0.25) is 14.4 Å². The molecule has 2 heterocycles. The minimum Gasteiger partial charge on any atom is -0.480 e. The van der Waals surface area contributed by atoms with Crippen molar-refractivity contribution in [3.05, 3.63) is 71.8 Å². The molecule has 4 unspecified atom stereocenters. The number of nitrogens with one attached hydrogen (secondary N) is 1. The fourth-order valence-corrected chi connectivity index (χ4v) is 5.47. The van der Waals surface area contributed by atoms with Crippen molar-refractivity contribution in [2.45, 2.75) is 69.1 Å². The zero-order valence-electron chi connectivity index (χ0n) is 21.5. The summed E-state index contributed by atoms with van der Waals surface area (Å²) in [5, 5.41) is 12.5. The minimum atomic E-state index is -1.01. The Kier molecular flexibility index (Phi) is 9.12. The van der Waals surface area contributed by atoms with E-state index in [1.165, 1.54) is 4.90 Å². The van der Waals surface area contributed by atoms with E-state index < -0.39 is 30.1 Å². The smallest absolute Gasteiger partial charge is 0.326 e. The number of carbonyl (C=O) groups is 4. The van der Waals surface area contributed by atoms with Crippen LogP contribution < -0.4 is 11.1 Å². The highest BCUT2D eigenvalue weighted by atomic mass is 16.4. The molecule has 4 N–H and O–H groups in total. The second-order valence-corrected chi connectivity index (χ2v) is 10.2. The number of carbonyl (C=O) groups excluding carboxylic acids is 3.